The Hall–Kier alpha value is -2.51. The standard InChI is InChI=1S/C42H71O8P/c1-3-5-7-9-11-13-15-17-19-21-23-24-26-28-30-32-34-36-41(43)48-38-40(39-49-51(45,46)47)50-42(44)37-35-33-31-29-27-25-22-20-18-16-14-12-10-8-6-4-2/h5,7,11,13,17,19-20,22-24,28,30,40H,3-4,6,8-10,12,14-16,18,21,25-27,29,31-39H2,1-2H3,(H2,45,46,47)/b7-5-,13-11-,19-17-,22-20-,24-23-,30-28-/t40-/m1/s1. The third-order valence-corrected chi connectivity index (χ3v) is 8.44. The van der Waals surface area contributed by atoms with Gasteiger partial charge in [0.15, 0.2) is 6.10 Å². The van der Waals surface area contributed by atoms with Crippen molar-refractivity contribution in [2.24, 2.45) is 0 Å². The first-order valence-electron chi connectivity index (χ1n) is 19.7. The van der Waals surface area contributed by atoms with Crippen LogP contribution in [0.1, 0.15) is 162 Å². The van der Waals surface area contributed by atoms with Crippen LogP contribution in [0.2, 0.25) is 0 Å². The lowest BCUT2D eigenvalue weighted by Gasteiger charge is -2.18. The number of hydrogen-bond acceptors (Lipinski definition) is 6. The van der Waals surface area contributed by atoms with E-state index >= 15 is 0 Å². The number of rotatable bonds is 35. The van der Waals surface area contributed by atoms with Gasteiger partial charge in [-0.25, -0.2) is 4.57 Å². The fourth-order valence-electron chi connectivity index (χ4n) is 5.05. The molecule has 0 aromatic heterocycles. The van der Waals surface area contributed by atoms with E-state index in [-0.39, 0.29) is 19.4 Å². The summed E-state index contributed by atoms with van der Waals surface area (Å²) in [5.74, 6) is -0.968. The fraction of sp³-hybridized carbons (Fsp3) is 0.667. The molecule has 0 fully saturated rings. The predicted octanol–water partition coefficient (Wildman–Crippen LogP) is 11.9. The van der Waals surface area contributed by atoms with Crippen molar-refractivity contribution in [3.8, 4) is 0 Å². The van der Waals surface area contributed by atoms with E-state index < -0.39 is 32.5 Å². The second-order valence-corrected chi connectivity index (χ2v) is 14.1. The van der Waals surface area contributed by atoms with E-state index in [4.69, 9.17) is 19.3 Å². The molecule has 0 amide bonds. The van der Waals surface area contributed by atoms with Crippen LogP contribution >= 0.6 is 7.82 Å². The molecule has 0 saturated carbocycles. The number of phosphoric acid groups is 1. The van der Waals surface area contributed by atoms with Gasteiger partial charge in [0.1, 0.15) is 6.61 Å². The van der Waals surface area contributed by atoms with Crippen LogP contribution < -0.4 is 0 Å². The number of allylic oxidation sites excluding steroid dienone is 12. The Bertz CT molecular complexity index is 1050. The summed E-state index contributed by atoms with van der Waals surface area (Å²) >= 11 is 0. The zero-order valence-corrected chi connectivity index (χ0v) is 32.9. The molecule has 0 unspecified atom stereocenters. The third-order valence-electron chi connectivity index (χ3n) is 7.96. The molecule has 0 aromatic rings. The summed E-state index contributed by atoms with van der Waals surface area (Å²) in [5, 5.41) is 0. The van der Waals surface area contributed by atoms with Gasteiger partial charge in [0, 0.05) is 12.8 Å². The topological polar surface area (TPSA) is 119 Å². The first-order chi connectivity index (χ1) is 24.8. The van der Waals surface area contributed by atoms with Gasteiger partial charge in [-0.05, 0) is 77.0 Å². The molecule has 0 aliphatic carbocycles. The van der Waals surface area contributed by atoms with Crippen LogP contribution in [0.3, 0.4) is 0 Å². The van der Waals surface area contributed by atoms with Crippen LogP contribution in [-0.2, 0) is 28.2 Å². The van der Waals surface area contributed by atoms with Crippen LogP contribution in [0.4, 0.5) is 0 Å². The molecular weight excluding hydrogens is 663 g/mol. The van der Waals surface area contributed by atoms with Crippen LogP contribution in [0.25, 0.3) is 0 Å². The molecule has 0 heterocycles. The minimum Gasteiger partial charge on any atom is -0.462 e. The average Bonchev–Trinajstić information content (AvgIpc) is 3.10. The van der Waals surface area contributed by atoms with Gasteiger partial charge in [-0.2, -0.15) is 0 Å². The first-order valence-corrected chi connectivity index (χ1v) is 21.3. The largest absolute Gasteiger partial charge is 0.469 e. The maximum absolute atomic E-state index is 12.4. The van der Waals surface area contributed by atoms with Gasteiger partial charge < -0.3 is 19.3 Å². The van der Waals surface area contributed by atoms with Crippen molar-refractivity contribution >= 4 is 19.8 Å². The average molecular weight is 735 g/mol. The number of hydrogen-bond donors (Lipinski definition) is 2. The van der Waals surface area contributed by atoms with Crippen molar-refractivity contribution in [3.63, 3.8) is 0 Å². The van der Waals surface area contributed by atoms with Crippen molar-refractivity contribution in [3.05, 3.63) is 72.9 Å². The highest BCUT2D eigenvalue weighted by Gasteiger charge is 2.22. The molecule has 0 bridgehead atoms. The van der Waals surface area contributed by atoms with Crippen LogP contribution in [0.5, 0.6) is 0 Å². The molecule has 0 rings (SSSR count). The Morgan fingerprint density at radius 1 is 0.529 bits per heavy atom. The molecule has 8 nitrogen and oxygen atoms in total. The van der Waals surface area contributed by atoms with E-state index in [0.717, 1.165) is 70.6 Å². The van der Waals surface area contributed by atoms with Gasteiger partial charge >= 0.3 is 19.8 Å². The number of carbonyl (C=O) groups is 2. The molecule has 1 atom stereocenters. The Morgan fingerprint density at radius 3 is 1.49 bits per heavy atom. The van der Waals surface area contributed by atoms with Crippen LogP contribution in [0.15, 0.2) is 72.9 Å². The molecule has 2 N–H and O–H groups in total. The summed E-state index contributed by atoms with van der Waals surface area (Å²) in [5.41, 5.74) is 0. The lowest BCUT2D eigenvalue weighted by atomic mass is 10.1. The molecular formula is C42H71O8P. The van der Waals surface area contributed by atoms with E-state index in [1.165, 1.54) is 51.4 Å². The smallest absolute Gasteiger partial charge is 0.462 e. The molecule has 0 radical (unpaired) electrons. The van der Waals surface area contributed by atoms with Crippen molar-refractivity contribution in [1.29, 1.82) is 0 Å². The monoisotopic (exact) mass is 734 g/mol. The van der Waals surface area contributed by atoms with Gasteiger partial charge in [-0.15, -0.1) is 0 Å². The molecule has 9 heteroatoms. The number of carbonyl (C=O) groups excluding carboxylic acids is 2. The van der Waals surface area contributed by atoms with Gasteiger partial charge in [-0.3, -0.25) is 14.1 Å². The number of phosphoric ester groups is 1. The summed E-state index contributed by atoms with van der Waals surface area (Å²) < 4.78 is 26.3. The lowest BCUT2D eigenvalue weighted by Crippen LogP contribution is -2.29. The SMILES string of the molecule is CC/C=C\C/C=C\C/C=C\C/C=C\C/C=C\CCCC(=O)OC[C@H](COP(=O)(O)O)OC(=O)CCCCCCC/C=C\CCCCCCCCC. The van der Waals surface area contributed by atoms with Crippen molar-refractivity contribution < 1.29 is 37.9 Å². The van der Waals surface area contributed by atoms with Crippen molar-refractivity contribution in [1.82, 2.24) is 0 Å². The number of unbranched alkanes of at least 4 members (excludes halogenated alkanes) is 13. The predicted molar refractivity (Wildman–Crippen MR) is 211 cm³/mol. The van der Waals surface area contributed by atoms with E-state index in [1.54, 1.807) is 0 Å². The van der Waals surface area contributed by atoms with Crippen molar-refractivity contribution in [2.45, 2.75) is 168 Å². The van der Waals surface area contributed by atoms with E-state index in [2.05, 4.69) is 85.2 Å². The minimum absolute atomic E-state index is 0.184. The van der Waals surface area contributed by atoms with E-state index in [9.17, 15) is 14.2 Å². The number of esters is 2. The highest BCUT2D eigenvalue weighted by molar-refractivity contribution is 7.46. The molecule has 0 aromatic carbocycles. The second kappa shape index (κ2) is 37.3. The Balaban J connectivity index is 4.07. The highest BCUT2D eigenvalue weighted by Crippen LogP contribution is 2.36. The van der Waals surface area contributed by atoms with Gasteiger partial charge in [0.05, 0.1) is 6.61 Å². The molecule has 292 valence electrons. The maximum atomic E-state index is 12.4. The maximum Gasteiger partial charge on any atom is 0.469 e. The zero-order chi connectivity index (χ0) is 37.5. The Labute approximate surface area is 310 Å². The summed E-state index contributed by atoms with van der Waals surface area (Å²) in [6, 6.07) is 0. The Morgan fingerprint density at radius 2 is 0.961 bits per heavy atom. The number of ether oxygens (including phenoxy) is 2. The molecule has 0 spiro atoms. The third kappa shape index (κ3) is 40.1. The quantitative estimate of drug-likeness (QED) is 0.0286. The van der Waals surface area contributed by atoms with E-state index in [1.807, 2.05) is 6.08 Å². The summed E-state index contributed by atoms with van der Waals surface area (Å²) in [7, 11) is -4.77. The normalized spacial score (nSPS) is 13.3. The van der Waals surface area contributed by atoms with Gasteiger partial charge in [0.2, 0.25) is 0 Å². The lowest BCUT2D eigenvalue weighted by molar-refractivity contribution is -0.161. The summed E-state index contributed by atoms with van der Waals surface area (Å²) in [6.07, 6.45) is 47.7. The molecule has 0 aliphatic rings. The molecule has 51 heavy (non-hydrogen) atoms. The fourth-order valence-corrected chi connectivity index (χ4v) is 5.41. The van der Waals surface area contributed by atoms with Crippen molar-refractivity contribution in [2.75, 3.05) is 13.2 Å². The van der Waals surface area contributed by atoms with Crippen LogP contribution in [0, 0.1) is 0 Å². The van der Waals surface area contributed by atoms with Gasteiger partial charge in [0.25, 0.3) is 0 Å². The Kier molecular flexibility index (Phi) is 35.4. The second-order valence-electron chi connectivity index (χ2n) is 12.9. The highest BCUT2D eigenvalue weighted by atomic mass is 31.2. The molecule has 0 aliphatic heterocycles. The molecule has 0 saturated heterocycles. The summed E-state index contributed by atoms with van der Waals surface area (Å²) in [4.78, 5) is 42.7. The van der Waals surface area contributed by atoms with Gasteiger partial charge in [-0.1, -0.05) is 145 Å². The summed E-state index contributed by atoms with van der Waals surface area (Å²) in [6.45, 7) is 3.50. The minimum atomic E-state index is -4.77. The van der Waals surface area contributed by atoms with Crippen LogP contribution in [-0.4, -0.2) is 41.0 Å². The first kappa shape index (κ1) is 48.5. The zero-order valence-electron chi connectivity index (χ0n) is 32.0. The van der Waals surface area contributed by atoms with E-state index in [0.29, 0.717) is 12.8 Å².